The van der Waals surface area contributed by atoms with Gasteiger partial charge in [0, 0.05) is 93.7 Å². The third-order valence-electron chi connectivity index (χ3n) is 13.4. The molecule has 2 aliphatic carbocycles. The Morgan fingerprint density at radius 3 is 2.07 bits per heavy atom. The van der Waals surface area contributed by atoms with Gasteiger partial charge in [0.15, 0.2) is 5.78 Å². The number of hydrogen-bond acceptors (Lipinski definition) is 6. The smallest absolute Gasteiger partial charge is 0.274 e. The maximum atomic E-state index is 13.5. The van der Waals surface area contributed by atoms with Crippen LogP contribution < -0.4 is 14.4 Å². The molecule has 3 N–H and O–H groups in total. The summed E-state index contributed by atoms with van der Waals surface area (Å²) in [5.41, 5.74) is 9.54. The number of H-pyrrole nitrogens is 2. The molecule has 292 valence electrons. The molecule has 4 aliphatic heterocycles. The molecule has 0 bridgehead atoms. The summed E-state index contributed by atoms with van der Waals surface area (Å²) in [6.07, 6.45) is 4.51. The molecule has 5 aromatic carbocycles. The molecule has 0 radical (unpaired) electrons. The van der Waals surface area contributed by atoms with E-state index in [1.165, 1.54) is 11.1 Å². The number of anilines is 1. The van der Waals surface area contributed by atoms with Gasteiger partial charge in [-0.15, -0.1) is 11.6 Å². The average Bonchev–Trinajstić information content (AvgIpc) is 4.01. The fourth-order valence-corrected chi connectivity index (χ4v) is 10.8. The summed E-state index contributed by atoms with van der Waals surface area (Å²) >= 11 is 6.30. The van der Waals surface area contributed by atoms with Crippen molar-refractivity contribution in [2.45, 2.75) is 30.6 Å². The summed E-state index contributed by atoms with van der Waals surface area (Å²) in [6.45, 7) is 2.51. The second-order valence-corrected chi connectivity index (χ2v) is 16.8. The van der Waals surface area contributed by atoms with E-state index in [0.717, 1.165) is 91.4 Å². The number of nitrogens with one attached hydrogen (secondary N) is 2. The fourth-order valence-electron chi connectivity index (χ4n) is 10.6. The first kappa shape index (κ1) is 34.5. The molecule has 1 saturated heterocycles. The van der Waals surface area contributed by atoms with Crippen molar-refractivity contribution in [1.29, 1.82) is 0 Å². The lowest BCUT2D eigenvalue weighted by atomic mass is 9.81. The Morgan fingerprint density at radius 1 is 0.763 bits per heavy atom. The number of aromatic nitrogens is 2. The predicted molar refractivity (Wildman–Crippen MR) is 225 cm³/mol. The van der Waals surface area contributed by atoms with Crippen LogP contribution in [0.3, 0.4) is 0 Å². The Labute approximate surface area is 343 Å². The number of allylic oxidation sites excluding steroid dienone is 2. The third kappa shape index (κ3) is 4.89. The van der Waals surface area contributed by atoms with Crippen LogP contribution >= 0.6 is 11.6 Å². The monoisotopic (exact) mass is 800 g/mol. The van der Waals surface area contributed by atoms with Gasteiger partial charge in [-0.1, -0.05) is 60.7 Å². The maximum absolute atomic E-state index is 13.5. The van der Waals surface area contributed by atoms with Crippen molar-refractivity contribution in [3.8, 4) is 17.2 Å². The molecule has 2 fully saturated rings. The highest BCUT2D eigenvalue weighted by molar-refractivity contribution is 6.19. The minimum Gasteiger partial charge on any atom is -0.507 e. The molecule has 3 atom stereocenters. The number of phenols is 1. The number of aromatic amines is 2. The van der Waals surface area contributed by atoms with Crippen molar-refractivity contribution < 1.29 is 29.0 Å². The quantitative estimate of drug-likeness (QED) is 0.154. The van der Waals surface area contributed by atoms with Crippen LogP contribution in [0.4, 0.5) is 5.69 Å². The van der Waals surface area contributed by atoms with Crippen LogP contribution in [-0.4, -0.2) is 69.8 Å². The molecular weight excluding hydrogens is 764 g/mol. The second-order valence-electron chi connectivity index (χ2n) is 16.5. The van der Waals surface area contributed by atoms with Crippen LogP contribution in [0.25, 0.3) is 32.6 Å². The Bertz CT molecular complexity index is 3050. The molecule has 0 unspecified atom stereocenters. The highest BCUT2D eigenvalue weighted by Crippen LogP contribution is 2.66. The van der Waals surface area contributed by atoms with E-state index in [4.69, 9.17) is 21.1 Å². The number of halogens is 1. The third-order valence-corrected chi connectivity index (χ3v) is 13.8. The van der Waals surface area contributed by atoms with Crippen molar-refractivity contribution in [2.75, 3.05) is 37.1 Å². The number of carbonyl (C=O) groups is 3. The van der Waals surface area contributed by atoms with Crippen LogP contribution in [0, 0.1) is 5.92 Å². The van der Waals surface area contributed by atoms with Gasteiger partial charge >= 0.3 is 0 Å². The predicted octanol–water partition coefficient (Wildman–Crippen LogP) is 8.54. The first-order chi connectivity index (χ1) is 28.8. The summed E-state index contributed by atoms with van der Waals surface area (Å²) in [4.78, 5) is 49.8. The number of carbonyl (C=O) groups excluding carboxylic acids is 3. The van der Waals surface area contributed by atoms with Crippen molar-refractivity contribution in [3.05, 3.63) is 142 Å². The molecule has 2 aromatic heterocycles. The number of alkyl halides is 1. The molecule has 13 rings (SSSR count). The van der Waals surface area contributed by atoms with E-state index < -0.39 is 0 Å². The molecule has 6 aliphatic rings. The zero-order valence-electron chi connectivity index (χ0n) is 31.8. The van der Waals surface area contributed by atoms with Crippen LogP contribution in [-0.2, 0) is 18.3 Å². The highest BCUT2D eigenvalue weighted by atomic mass is 35.5. The van der Waals surface area contributed by atoms with Crippen molar-refractivity contribution in [1.82, 2.24) is 14.9 Å². The Morgan fingerprint density at radius 2 is 1.39 bits per heavy atom. The lowest BCUT2D eigenvalue weighted by Crippen LogP contribution is -2.33. The molecule has 11 heteroatoms. The Hall–Kier alpha value is -6.52. The van der Waals surface area contributed by atoms with Crippen LogP contribution in [0.5, 0.6) is 17.2 Å². The van der Waals surface area contributed by atoms with E-state index in [1.54, 1.807) is 17.0 Å². The first-order valence-electron chi connectivity index (χ1n) is 20.2. The lowest BCUT2D eigenvalue weighted by molar-refractivity contribution is 0.0806. The van der Waals surface area contributed by atoms with Gasteiger partial charge in [0.05, 0.1) is 18.9 Å². The van der Waals surface area contributed by atoms with Crippen molar-refractivity contribution in [3.63, 3.8) is 0 Å². The summed E-state index contributed by atoms with van der Waals surface area (Å²) < 4.78 is 11.6. The number of ketones is 1. The van der Waals surface area contributed by atoms with E-state index in [-0.39, 0.29) is 34.7 Å². The normalized spacial score (nSPS) is 21.5. The number of hydrogen-bond donors (Lipinski definition) is 3. The highest BCUT2D eigenvalue weighted by Gasteiger charge is 2.67. The van der Waals surface area contributed by atoms with Gasteiger partial charge in [-0.05, 0) is 64.2 Å². The summed E-state index contributed by atoms with van der Waals surface area (Å²) in [5, 5.41) is 14.2. The van der Waals surface area contributed by atoms with Gasteiger partial charge in [-0.25, -0.2) is 0 Å². The number of aromatic hydroxyl groups is 1. The van der Waals surface area contributed by atoms with Crippen LogP contribution in [0.2, 0.25) is 0 Å². The van der Waals surface area contributed by atoms with Gasteiger partial charge in [0.1, 0.15) is 28.6 Å². The number of phenolic OH excluding ortho intramolecular Hbond substituents is 1. The van der Waals surface area contributed by atoms with E-state index in [2.05, 4.69) is 22.1 Å². The summed E-state index contributed by atoms with van der Waals surface area (Å²) in [6, 6.07) is 29.1. The standard InChI is InChI=1S/C24H19ClN2O3.C24H18N2O3/c25-11-14-12-27(20-10-21(28)15-3-1-2-4-16(15)22(14)20)24(29)19-9-17-18(26-19)6-5-13-7-8-30-23(13)17;27-20-10-21-24(17-4-2-1-3-15(17)20)11-14(24)12-26(21)23(28)19-9-16-18(25-19)6-5-13-7-8-29-22(13)16/h1-6,9-10,14,26,28H,7-8,11-12H2;1-6,9-10,14,25H,7-8,11-12H2/t14-;14-,24-/m11/s1. The summed E-state index contributed by atoms with van der Waals surface area (Å²) in [5.74, 6) is 2.51. The Balaban J connectivity index is 0.000000128. The van der Waals surface area contributed by atoms with Gasteiger partial charge in [0.2, 0.25) is 0 Å². The number of nitrogens with zero attached hydrogens (tertiary/aromatic N) is 2. The zero-order chi connectivity index (χ0) is 39.7. The van der Waals surface area contributed by atoms with Gasteiger partial charge in [-0.2, -0.15) is 0 Å². The largest absolute Gasteiger partial charge is 0.507 e. The Kier molecular flexibility index (Phi) is 7.31. The van der Waals surface area contributed by atoms with Gasteiger partial charge in [0.25, 0.3) is 11.8 Å². The summed E-state index contributed by atoms with van der Waals surface area (Å²) in [7, 11) is 0. The number of amides is 2. The van der Waals surface area contributed by atoms with Gasteiger partial charge in [-0.3, -0.25) is 14.4 Å². The molecule has 7 aromatic rings. The molecule has 1 saturated carbocycles. The van der Waals surface area contributed by atoms with Crippen LogP contribution in [0.15, 0.2) is 103 Å². The number of rotatable bonds is 3. The van der Waals surface area contributed by atoms with Gasteiger partial charge < -0.3 is 34.3 Å². The number of ether oxygens (including phenoxy) is 2. The van der Waals surface area contributed by atoms with E-state index >= 15 is 0 Å². The number of fused-ring (bicyclic) bond motifs is 10. The fraction of sp³-hybridized carbons (Fsp3) is 0.229. The van der Waals surface area contributed by atoms with Crippen molar-refractivity contribution in [2.24, 2.45) is 5.92 Å². The van der Waals surface area contributed by atoms with Crippen LogP contribution in [0.1, 0.15) is 65.9 Å². The number of piperidine rings is 1. The SMILES string of the molecule is O=C(c1cc2c3c(ccc2[nH]1)CCO3)N1C[C@@H](CCl)c2c1cc(O)c1ccccc21.O=C1C=C2N(C(=O)c3cc4c5c(ccc4[nH]3)CCO5)C[C@H]3C[C@@]23c2ccccc21. The molecule has 10 nitrogen and oxygen atoms in total. The average molecular weight is 801 g/mol. The van der Waals surface area contributed by atoms with Crippen molar-refractivity contribution >= 4 is 67.5 Å². The molecule has 1 spiro atoms. The molecule has 2 amide bonds. The minimum absolute atomic E-state index is 0.00515. The molecular formula is C48H37ClN4O6. The molecule has 6 heterocycles. The lowest BCUT2D eigenvalue weighted by Gasteiger charge is -2.29. The van der Waals surface area contributed by atoms with E-state index in [1.807, 2.05) is 77.7 Å². The van der Waals surface area contributed by atoms with E-state index in [0.29, 0.717) is 49.5 Å². The zero-order valence-corrected chi connectivity index (χ0v) is 32.6. The second kappa shape index (κ2) is 12.5. The maximum Gasteiger partial charge on any atom is 0.274 e. The number of benzene rings is 5. The van der Waals surface area contributed by atoms with E-state index in [9.17, 15) is 19.5 Å². The molecule has 59 heavy (non-hydrogen) atoms. The number of likely N-dealkylation sites (tertiary alicyclic amines) is 1. The minimum atomic E-state index is -0.156. The first-order valence-corrected chi connectivity index (χ1v) is 20.7. The topological polar surface area (TPSA) is 128 Å².